The first-order valence-electron chi connectivity index (χ1n) is 7.41. The fraction of sp³-hybridized carbons (Fsp3) is 0.929. The van der Waals surface area contributed by atoms with Crippen molar-refractivity contribution in [3.8, 4) is 0 Å². The molecule has 0 radical (unpaired) electrons. The molecule has 3 atom stereocenters. The average molecular weight is 319 g/mol. The van der Waals surface area contributed by atoms with Gasteiger partial charge in [-0.15, -0.1) is 0 Å². The molecule has 1 saturated carbocycles. The third-order valence-corrected chi connectivity index (χ3v) is 4.50. The van der Waals surface area contributed by atoms with E-state index in [0.29, 0.717) is 19.4 Å². The number of rotatable bonds is 2. The van der Waals surface area contributed by atoms with Crippen LogP contribution in [0.1, 0.15) is 46.5 Å². The lowest BCUT2D eigenvalue weighted by molar-refractivity contribution is 0.00571. The molecule has 21 heavy (non-hydrogen) atoms. The van der Waals surface area contributed by atoms with Gasteiger partial charge in [0, 0.05) is 12.6 Å². The number of amides is 1. The van der Waals surface area contributed by atoms with Crippen molar-refractivity contribution in [2.75, 3.05) is 12.8 Å². The minimum Gasteiger partial charge on any atom is -0.444 e. The number of carbonyl (C=O) groups is 1. The molecule has 1 aliphatic carbocycles. The van der Waals surface area contributed by atoms with Gasteiger partial charge in [-0.2, -0.15) is 8.42 Å². The highest BCUT2D eigenvalue weighted by Crippen LogP contribution is 2.35. The molecule has 3 aliphatic rings. The SMILES string of the molecule is CC(C)(C)OC(=O)N1C[C@H]2CC[C@H]1C[C@@H](OS(C)(=O)=O)C2. The molecule has 2 bridgehead atoms. The summed E-state index contributed by atoms with van der Waals surface area (Å²) in [5, 5.41) is 0. The maximum absolute atomic E-state index is 12.3. The van der Waals surface area contributed by atoms with E-state index in [9.17, 15) is 13.2 Å². The lowest BCUT2D eigenvalue weighted by atomic mass is 9.95. The smallest absolute Gasteiger partial charge is 0.410 e. The molecule has 1 amide bonds. The van der Waals surface area contributed by atoms with Gasteiger partial charge in [0.1, 0.15) is 5.60 Å². The zero-order chi connectivity index (χ0) is 15.8. The van der Waals surface area contributed by atoms with Gasteiger partial charge in [0.05, 0.1) is 12.4 Å². The number of hydrogen-bond donors (Lipinski definition) is 0. The van der Waals surface area contributed by atoms with Crippen LogP contribution in [-0.4, -0.2) is 50.0 Å². The Kier molecular flexibility index (Phi) is 4.54. The zero-order valence-corrected chi connectivity index (χ0v) is 14.0. The summed E-state index contributed by atoms with van der Waals surface area (Å²) >= 11 is 0. The van der Waals surface area contributed by atoms with Crippen molar-refractivity contribution in [1.29, 1.82) is 0 Å². The molecule has 3 fully saturated rings. The Bertz CT molecular complexity index is 496. The summed E-state index contributed by atoms with van der Waals surface area (Å²) in [6.45, 7) is 6.16. The number of fused-ring (bicyclic) bond motifs is 4. The van der Waals surface area contributed by atoms with Gasteiger partial charge in [-0.25, -0.2) is 4.79 Å². The molecule has 0 unspecified atom stereocenters. The highest BCUT2D eigenvalue weighted by Gasteiger charge is 2.40. The first-order chi connectivity index (χ1) is 9.53. The molecular formula is C14H25NO5S. The van der Waals surface area contributed by atoms with Crippen molar-refractivity contribution in [1.82, 2.24) is 4.90 Å². The van der Waals surface area contributed by atoms with Crippen LogP contribution >= 0.6 is 0 Å². The summed E-state index contributed by atoms with van der Waals surface area (Å²) in [7, 11) is -3.46. The molecule has 0 aromatic heterocycles. The molecule has 3 rings (SSSR count). The Morgan fingerprint density at radius 1 is 1.19 bits per heavy atom. The van der Waals surface area contributed by atoms with E-state index in [0.717, 1.165) is 19.1 Å². The predicted molar refractivity (Wildman–Crippen MR) is 78.4 cm³/mol. The van der Waals surface area contributed by atoms with Crippen LogP contribution in [0.5, 0.6) is 0 Å². The largest absolute Gasteiger partial charge is 0.444 e. The lowest BCUT2D eigenvalue weighted by Crippen LogP contribution is -2.47. The highest BCUT2D eigenvalue weighted by molar-refractivity contribution is 7.86. The molecular weight excluding hydrogens is 294 g/mol. The van der Waals surface area contributed by atoms with Crippen molar-refractivity contribution in [2.45, 2.75) is 64.2 Å². The minimum absolute atomic E-state index is 0.00495. The first kappa shape index (κ1) is 16.5. The minimum atomic E-state index is -3.46. The van der Waals surface area contributed by atoms with Crippen LogP contribution in [0.25, 0.3) is 0 Å². The van der Waals surface area contributed by atoms with E-state index >= 15 is 0 Å². The molecule has 0 spiro atoms. The van der Waals surface area contributed by atoms with Crippen molar-refractivity contribution in [3.63, 3.8) is 0 Å². The number of piperidine rings is 1. The fourth-order valence-corrected chi connectivity index (χ4v) is 3.83. The third-order valence-electron chi connectivity index (χ3n) is 3.87. The van der Waals surface area contributed by atoms with Gasteiger partial charge in [-0.3, -0.25) is 4.18 Å². The third kappa shape index (κ3) is 4.85. The fourth-order valence-electron chi connectivity index (χ4n) is 3.18. The standard InChI is InChI=1S/C14H25NO5S/c1-14(2,3)19-13(16)15-9-10-5-6-11(15)8-12(7-10)20-21(4,17)18/h10-12H,5-9H2,1-4H3/t10-,11-,12-/m0/s1. The maximum Gasteiger partial charge on any atom is 0.410 e. The average Bonchev–Trinajstić information content (AvgIpc) is 2.53. The maximum atomic E-state index is 12.3. The van der Waals surface area contributed by atoms with Gasteiger partial charge in [0.25, 0.3) is 10.1 Å². The number of carbonyl (C=O) groups excluding carboxylic acids is 1. The van der Waals surface area contributed by atoms with Gasteiger partial charge in [-0.1, -0.05) is 0 Å². The molecule has 2 aliphatic heterocycles. The summed E-state index contributed by atoms with van der Waals surface area (Å²) in [6, 6.07) is 0.00495. The molecule has 122 valence electrons. The zero-order valence-electron chi connectivity index (χ0n) is 13.2. The van der Waals surface area contributed by atoms with Gasteiger partial charge in [-0.05, 0) is 52.4 Å². The van der Waals surface area contributed by atoms with Gasteiger partial charge < -0.3 is 9.64 Å². The molecule has 2 heterocycles. The second kappa shape index (κ2) is 5.76. The van der Waals surface area contributed by atoms with Crippen LogP contribution in [0.3, 0.4) is 0 Å². The van der Waals surface area contributed by atoms with E-state index in [4.69, 9.17) is 8.92 Å². The molecule has 2 saturated heterocycles. The van der Waals surface area contributed by atoms with E-state index in [1.807, 2.05) is 20.8 Å². The van der Waals surface area contributed by atoms with Crippen molar-refractivity contribution < 1.29 is 22.1 Å². The molecule has 6 nitrogen and oxygen atoms in total. The normalized spacial score (nSPS) is 30.1. The Labute approximate surface area is 126 Å². The van der Waals surface area contributed by atoms with Gasteiger partial charge in [0.15, 0.2) is 0 Å². The van der Waals surface area contributed by atoms with E-state index in [1.54, 1.807) is 4.90 Å². The number of nitrogens with zero attached hydrogens (tertiary/aromatic N) is 1. The van der Waals surface area contributed by atoms with E-state index in [-0.39, 0.29) is 24.2 Å². The van der Waals surface area contributed by atoms with Crippen molar-refractivity contribution in [2.24, 2.45) is 5.92 Å². The van der Waals surface area contributed by atoms with E-state index in [1.165, 1.54) is 0 Å². The molecule has 0 aromatic carbocycles. The van der Waals surface area contributed by atoms with Gasteiger partial charge >= 0.3 is 6.09 Å². The van der Waals surface area contributed by atoms with Crippen LogP contribution in [0.4, 0.5) is 4.79 Å². The Morgan fingerprint density at radius 2 is 1.86 bits per heavy atom. The van der Waals surface area contributed by atoms with Crippen LogP contribution in [0, 0.1) is 5.92 Å². The van der Waals surface area contributed by atoms with Crippen LogP contribution in [-0.2, 0) is 19.0 Å². The van der Waals surface area contributed by atoms with Crippen LogP contribution in [0.15, 0.2) is 0 Å². The summed E-state index contributed by atoms with van der Waals surface area (Å²) in [5.41, 5.74) is -0.523. The molecule has 0 N–H and O–H groups in total. The van der Waals surface area contributed by atoms with E-state index < -0.39 is 15.7 Å². The lowest BCUT2D eigenvalue weighted by Gasteiger charge is -2.37. The molecule has 7 heteroatoms. The Balaban J connectivity index is 2.07. The highest BCUT2D eigenvalue weighted by atomic mass is 32.2. The summed E-state index contributed by atoms with van der Waals surface area (Å²) in [6.07, 6.45) is 3.57. The summed E-state index contributed by atoms with van der Waals surface area (Å²) in [4.78, 5) is 14.0. The topological polar surface area (TPSA) is 72.9 Å². The number of ether oxygens (including phenoxy) is 1. The first-order valence-corrected chi connectivity index (χ1v) is 9.23. The van der Waals surface area contributed by atoms with E-state index in [2.05, 4.69) is 0 Å². The Morgan fingerprint density at radius 3 is 2.43 bits per heavy atom. The monoisotopic (exact) mass is 319 g/mol. The van der Waals surface area contributed by atoms with Crippen molar-refractivity contribution in [3.05, 3.63) is 0 Å². The van der Waals surface area contributed by atoms with Crippen molar-refractivity contribution >= 4 is 16.2 Å². The second-order valence-corrected chi connectivity index (χ2v) is 8.72. The van der Waals surface area contributed by atoms with Gasteiger partial charge in [0.2, 0.25) is 0 Å². The van der Waals surface area contributed by atoms with Crippen LogP contribution in [0.2, 0.25) is 0 Å². The quantitative estimate of drug-likeness (QED) is 0.729. The summed E-state index contributed by atoms with van der Waals surface area (Å²) in [5.74, 6) is 0.281. The molecule has 0 aromatic rings. The van der Waals surface area contributed by atoms with Crippen LogP contribution < -0.4 is 0 Å². The summed E-state index contributed by atoms with van der Waals surface area (Å²) < 4.78 is 33.3. The Hall–Kier alpha value is -0.820. The number of hydrogen-bond acceptors (Lipinski definition) is 5. The predicted octanol–water partition coefficient (Wildman–Crippen LogP) is 2.14. The second-order valence-electron chi connectivity index (χ2n) is 7.12.